The first kappa shape index (κ1) is 11.7. The van der Waals surface area contributed by atoms with Crippen LogP contribution in [-0.4, -0.2) is 5.54 Å². The van der Waals surface area contributed by atoms with Gasteiger partial charge in [0.05, 0.1) is 0 Å². The largest absolute Gasteiger partial charge is 0.325 e. The Bertz CT molecular complexity index is 277. The second kappa shape index (κ2) is 4.94. The van der Waals surface area contributed by atoms with Crippen molar-refractivity contribution < 1.29 is 0 Å². The number of nitrogens with two attached hydrogens (primary N) is 1. The number of rotatable bonds is 4. The van der Waals surface area contributed by atoms with Gasteiger partial charge < -0.3 is 5.73 Å². The maximum absolute atomic E-state index is 6.19. The molecule has 0 aliphatic carbocycles. The molecule has 0 amide bonds. The third-order valence-electron chi connectivity index (χ3n) is 2.34. The SMILES string of the molecule is CCCC(C)(N)Cc1ccc(Br)cc1. The van der Waals surface area contributed by atoms with E-state index in [1.807, 2.05) is 0 Å². The minimum absolute atomic E-state index is 0.0669. The third kappa shape index (κ3) is 3.81. The zero-order valence-corrected chi connectivity index (χ0v) is 10.5. The molecule has 1 atom stereocenters. The average molecular weight is 256 g/mol. The Morgan fingerprint density at radius 1 is 1.29 bits per heavy atom. The molecular weight excluding hydrogens is 238 g/mol. The van der Waals surface area contributed by atoms with Crippen molar-refractivity contribution in [3.63, 3.8) is 0 Å². The van der Waals surface area contributed by atoms with Crippen molar-refractivity contribution in [3.8, 4) is 0 Å². The van der Waals surface area contributed by atoms with E-state index in [0.717, 1.165) is 23.7 Å². The highest BCUT2D eigenvalue weighted by molar-refractivity contribution is 9.10. The monoisotopic (exact) mass is 255 g/mol. The van der Waals surface area contributed by atoms with Crippen LogP contribution in [0.1, 0.15) is 32.3 Å². The van der Waals surface area contributed by atoms with E-state index in [-0.39, 0.29) is 5.54 Å². The van der Waals surface area contributed by atoms with E-state index in [0.29, 0.717) is 0 Å². The first-order chi connectivity index (χ1) is 6.53. The van der Waals surface area contributed by atoms with E-state index in [1.54, 1.807) is 0 Å². The van der Waals surface area contributed by atoms with Gasteiger partial charge in [0.15, 0.2) is 0 Å². The van der Waals surface area contributed by atoms with Gasteiger partial charge >= 0.3 is 0 Å². The van der Waals surface area contributed by atoms with Crippen LogP contribution in [0.4, 0.5) is 0 Å². The lowest BCUT2D eigenvalue weighted by molar-refractivity contribution is 0.425. The summed E-state index contributed by atoms with van der Waals surface area (Å²) in [6, 6.07) is 8.39. The summed E-state index contributed by atoms with van der Waals surface area (Å²) < 4.78 is 1.12. The fourth-order valence-electron chi connectivity index (χ4n) is 1.73. The topological polar surface area (TPSA) is 26.0 Å². The molecule has 0 aromatic heterocycles. The molecule has 1 aromatic carbocycles. The second-order valence-electron chi connectivity index (χ2n) is 4.21. The molecule has 0 saturated carbocycles. The van der Waals surface area contributed by atoms with E-state index < -0.39 is 0 Å². The molecule has 0 saturated heterocycles. The Balaban J connectivity index is 2.64. The smallest absolute Gasteiger partial charge is 0.0175 e. The van der Waals surface area contributed by atoms with Gasteiger partial charge in [-0.25, -0.2) is 0 Å². The first-order valence-electron chi connectivity index (χ1n) is 5.07. The van der Waals surface area contributed by atoms with Crippen molar-refractivity contribution in [1.29, 1.82) is 0 Å². The molecule has 1 nitrogen and oxygen atoms in total. The molecule has 1 rings (SSSR count). The van der Waals surface area contributed by atoms with E-state index in [4.69, 9.17) is 5.73 Å². The van der Waals surface area contributed by atoms with Crippen LogP contribution < -0.4 is 5.73 Å². The fourth-order valence-corrected chi connectivity index (χ4v) is 1.99. The van der Waals surface area contributed by atoms with Gasteiger partial charge in [-0.05, 0) is 37.5 Å². The van der Waals surface area contributed by atoms with Gasteiger partial charge in [-0.15, -0.1) is 0 Å². The number of hydrogen-bond acceptors (Lipinski definition) is 1. The van der Waals surface area contributed by atoms with Crippen LogP contribution in [0, 0.1) is 0 Å². The van der Waals surface area contributed by atoms with Gasteiger partial charge in [-0.1, -0.05) is 41.4 Å². The van der Waals surface area contributed by atoms with Crippen molar-refractivity contribution in [1.82, 2.24) is 0 Å². The summed E-state index contributed by atoms with van der Waals surface area (Å²) in [5, 5.41) is 0. The number of halogens is 1. The number of hydrogen-bond donors (Lipinski definition) is 1. The molecule has 1 aromatic rings. The average Bonchev–Trinajstić information content (AvgIpc) is 2.08. The summed E-state index contributed by atoms with van der Waals surface area (Å²) in [5.41, 5.74) is 7.43. The van der Waals surface area contributed by atoms with Crippen molar-refractivity contribution >= 4 is 15.9 Å². The highest BCUT2D eigenvalue weighted by atomic mass is 79.9. The molecule has 0 spiro atoms. The van der Waals surface area contributed by atoms with E-state index in [1.165, 1.54) is 5.56 Å². The standard InChI is InChI=1S/C12H18BrN/c1-3-8-12(2,14)9-10-4-6-11(13)7-5-10/h4-7H,3,8-9,14H2,1-2H3. The molecule has 0 radical (unpaired) electrons. The van der Waals surface area contributed by atoms with Gasteiger partial charge in [0.25, 0.3) is 0 Å². The van der Waals surface area contributed by atoms with Crippen LogP contribution in [0.2, 0.25) is 0 Å². The van der Waals surface area contributed by atoms with Crippen LogP contribution in [0.15, 0.2) is 28.7 Å². The lowest BCUT2D eigenvalue weighted by Crippen LogP contribution is -2.38. The minimum atomic E-state index is -0.0669. The predicted octanol–water partition coefficient (Wildman–Crippen LogP) is 3.51. The van der Waals surface area contributed by atoms with Gasteiger partial charge in [0, 0.05) is 10.0 Å². The Labute approximate surface area is 94.8 Å². The highest BCUT2D eigenvalue weighted by Crippen LogP contribution is 2.18. The normalized spacial score (nSPS) is 15.1. The molecule has 78 valence electrons. The van der Waals surface area contributed by atoms with Crippen molar-refractivity contribution in [2.24, 2.45) is 5.73 Å². The summed E-state index contributed by atoms with van der Waals surface area (Å²) in [6.07, 6.45) is 3.17. The Kier molecular flexibility index (Phi) is 4.14. The van der Waals surface area contributed by atoms with Gasteiger partial charge in [-0.3, -0.25) is 0 Å². The molecule has 0 bridgehead atoms. The Hall–Kier alpha value is -0.340. The van der Waals surface area contributed by atoms with Crippen LogP contribution >= 0.6 is 15.9 Å². The molecule has 14 heavy (non-hydrogen) atoms. The minimum Gasteiger partial charge on any atom is -0.325 e. The Morgan fingerprint density at radius 2 is 1.86 bits per heavy atom. The van der Waals surface area contributed by atoms with Gasteiger partial charge in [-0.2, -0.15) is 0 Å². The molecule has 2 N–H and O–H groups in total. The fraction of sp³-hybridized carbons (Fsp3) is 0.500. The van der Waals surface area contributed by atoms with Crippen LogP contribution in [0.25, 0.3) is 0 Å². The van der Waals surface area contributed by atoms with Gasteiger partial charge in [0.1, 0.15) is 0 Å². The van der Waals surface area contributed by atoms with E-state index in [2.05, 4.69) is 54.0 Å². The molecule has 2 heteroatoms. The quantitative estimate of drug-likeness (QED) is 0.876. The second-order valence-corrected chi connectivity index (χ2v) is 5.12. The van der Waals surface area contributed by atoms with E-state index in [9.17, 15) is 0 Å². The van der Waals surface area contributed by atoms with Crippen molar-refractivity contribution in [2.45, 2.75) is 38.6 Å². The summed E-state index contributed by atoms with van der Waals surface area (Å²) in [6.45, 7) is 4.30. The van der Waals surface area contributed by atoms with Gasteiger partial charge in [0.2, 0.25) is 0 Å². The van der Waals surface area contributed by atoms with Crippen LogP contribution in [0.3, 0.4) is 0 Å². The lowest BCUT2D eigenvalue weighted by atomic mass is 9.90. The molecule has 1 unspecified atom stereocenters. The highest BCUT2D eigenvalue weighted by Gasteiger charge is 2.17. The van der Waals surface area contributed by atoms with Crippen molar-refractivity contribution in [2.75, 3.05) is 0 Å². The van der Waals surface area contributed by atoms with E-state index >= 15 is 0 Å². The lowest BCUT2D eigenvalue weighted by Gasteiger charge is -2.24. The molecule has 0 aliphatic rings. The third-order valence-corrected chi connectivity index (χ3v) is 2.87. The summed E-state index contributed by atoms with van der Waals surface area (Å²) in [5.74, 6) is 0. The molecule has 0 aliphatic heterocycles. The summed E-state index contributed by atoms with van der Waals surface area (Å²) in [7, 11) is 0. The maximum atomic E-state index is 6.19. The van der Waals surface area contributed by atoms with Crippen molar-refractivity contribution in [3.05, 3.63) is 34.3 Å². The predicted molar refractivity (Wildman–Crippen MR) is 65.3 cm³/mol. The molecule has 0 heterocycles. The zero-order valence-electron chi connectivity index (χ0n) is 8.89. The number of benzene rings is 1. The first-order valence-corrected chi connectivity index (χ1v) is 5.86. The summed E-state index contributed by atoms with van der Waals surface area (Å²) in [4.78, 5) is 0. The maximum Gasteiger partial charge on any atom is 0.0175 e. The zero-order chi connectivity index (χ0) is 10.6. The molecular formula is C12H18BrN. The summed E-state index contributed by atoms with van der Waals surface area (Å²) >= 11 is 3.42. The van der Waals surface area contributed by atoms with Crippen LogP contribution in [-0.2, 0) is 6.42 Å². The molecule has 0 fully saturated rings. The van der Waals surface area contributed by atoms with Crippen LogP contribution in [0.5, 0.6) is 0 Å². The Morgan fingerprint density at radius 3 is 2.36 bits per heavy atom.